The number of fused-ring (bicyclic) bond motifs is 1. The van der Waals surface area contributed by atoms with E-state index in [-0.39, 0.29) is 11.4 Å². The summed E-state index contributed by atoms with van der Waals surface area (Å²) in [5.41, 5.74) is 3.89. The number of piperidine rings is 1. The number of ether oxygens (including phenoxy) is 1. The molecule has 4 rings (SSSR count). The van der Waals surface area contributed by atoms with Gasteiger partial charge in [-0.3, -0.25) is 4.21 Å². The Labute approximate surface area is 150 Å². The van der Waals surface area contributed by atoms with Crippen LogP contribution in [0.4, 0.5) is 0 Å². The van der Waals surface area contributed by atoms with Gasteiger partial charge in [-0.05, 0) is 41.9 Å². The third-order valence-electron chi connectivity index (χ3n) is 4.90. The summed E-state index contributed by atoms with van der Waals surface area (Å²) in [6, 6.07) is 15.9. The molecule has 0 aromatic heterocycles. The summed E-state index contributed by atoms with van der Waals surface area (Å²) in [7, 11) is 0. The van der Waals surface area contributed by atoms with Crippen molar-refractivity contribution >= 4 is 16.7 Å². The van der Waals surface area contributed by atoms with Gasteiger partial charge < -0.3 is 14.6 Å². The first-order valence-corrected chi connectivity index (χ1v) is 9.77. The summed E-state index contributed by atoms with van der Waals surface area (Å²) in [5, 5.41) is 3.39. The topological polar surface area (TPSA) is 61.4 Å². The zero-order valence-corrected chi connectivity index (χ0v) is 14.7. The molecule has 0 saturated carbocycles. The van der Waals surface area contributed by atoms with Crippen molar-refractivity contribution in [2.24, 2.45) is 0 Å². The molecular formula is C20H20NO3S-. The third-order valence-corrected chi connectivity index (χ3v) is 5.47. The van der Waals surface area contributed by atoms with Gasteiger partial charge in [-0.25, -0.2) is 0 Å². The van der Waals surface area contributed by atoms with E-state index < -0.39 is 11.1 Å². The van der Waals surface area contributed by atoms with Crippen LogP contribution >= 0.6 is 0 Å². The SMILES string of the molecule is O=S([O-])Cc1ccc(C2=CC3(CCNCC3)Oc3ccccc32)cc1. The first-order valence-electron chi connectivity index (χ1n) is 8.52. The average Bonchev–Trinajstić information content (AvgIpc) is 2.62. The standard InChI is InChI=1S/C20H21NO3S/c22-25(23)14-15-5-7-16(8-6-15)18-13-20(9-11-21-12-10-20)24-19-4-2-1-3-17(18)19/h1-8,13,21H,9-12,14H2,(H,22,23)/p-1. The minimum atomic E-state index is -2.06. The summed E-state index contributed by atoms with van der Waals surface area (Å²) >= 11 is -2.06. The van der Waals surface area contributed by atoms with E-state index in [2.05, 4.69) is 17.5 Å². The highest BCUT2D eigenvalue weighted by Crippen LogP contribution is 2.42. The Hall–Kier alpha value is -1.95. The number of hydrogen-bond acceptors (Lipinski definition) is 4. The van der Waals surface area contributed by atoms with Crippen molar-refractivity contribution in [3.05, 3.63) is 71.3 Å². The smallest absolute Gasteiger partial charge is 0.130 e. The van der Waals surface area contributed by atoms with E-state index in [1.165, 1.54) is 5.57 Å². The highest BCUT2D eigenvalue weighted by atomic mass is 32.2. The lowest BCUT2D eigenvalue weighted by Crippen LogP contribution is -2.46. The molecule has 1 atom stereocenters. The first-order chi connectivity index (χ1) is 12.2. The molecule has 130 valence electrons. The zero-order chi connectivity index (χ0) is 17.3. The lowest BCUT2D eigenvalue weighted by atomic mass is 9.83. The molecule has 1 unspecified atom stereocenters. The average molecular weight is 354 g/mol. The molecule has 2 heterocycles. The number of nitrogens with one attached hydrogen (secondary N) is 1. The summed E-state index contributed by atoms with van der Waals surface area (Å²) < 4.78 is 28.2. The third kappa shape index (κ3) is 3.40. The van der Waals surface area contributed by atoms with Crippen LogP contribution in [0.25, 0.3) is 5.57 Å². The van der Waals surface area contributed by atoms with Crippen molar-refractivity contribution in [2.45, 2.75) is 24.2 Å². The lowest BCUT2D eigenvalue weighted by molar-refractivity contribution is 0.0817. The maximum absolute atomic E-state index is 10.9. The monoisotopic (exact) mass is 354 g/mol. The molecule has 0 radical (unpaired) electrons. The molecule has 0 amide bonds. The van der Waals surface area contributed by atoms with Gasteiger partial charge in [0.2, 0.25) is 0 Å². The maximum Gasteiger partial charge on any atom is 0.130 e. The van der Waals surface area contributed by atoms with Gasteiger partial charge in [-0.15, -0.1) is 0 Å². The van der Waals surface area contributed by atoms with Crippen molar-refractivity contribution in [2.75, 3.05) is 13.1 Å². The quantitative estimate of drug-likeness (QED) is 0.861. The molecule has 25 heavy (non-hydrogen) atoms. The Morgan fingerprint density at radius 1 is 1.08 bits per heavy atom. The Morgan fingerprint density at radius 2 is 1.80 bits per heavy atom. The molecule has 2 aliphatic heterocycles. The summed E-state index contributed by atoms with van der Waals surface area (Å²) in [4.78, 5) is 0. The van der Waals surface area contributed by atoms with Gasteiger partial charge in [0.15, 0.2) is 0 Å². The van der Waals surface area contributed by atoms with Crippen LogP contribution in [0.5, 0.6) is 5.75 Å². The van der Waals surface area contributed by atoms with Gasteiger partial charge in [0, 0.05) is 24.2 Å². The fourth-order valence-electron chi connectivity index (χ4n) is 3.62. The summed E-state index contributed by atoms with van der Waals surface area (Å²) in [6.07, 6.45) is 4.15. The van der Waals surface area contributed by atoms with Crippen molar-refractivity contribution < 1.29 is 13.5 Å². The molecule has 1 saturated heterocycles. The van der Waals surface area contributed by atoms with Crippen LogP contribution in [0.3, 0.4) is 0 Å². The highest BCUT2D eigenvalue weighted by Gasteiger charge is 2.36. The van der Waals surface area contributed by atoms with Crippen molar-refractivity contribution in [1.82, 2.24) is 5.32 Å². The molecule has 4 nitrogen and oxygen atoms in total. The van der Waals surface area contributed by atoms with E-state index in [0.29, 0.717) is 0 Å². The molecule has 0 aliphatic carbocycles. The van der Waals surface area contributed by atoms with E-state index in [1.54, 1.807) is 0 Å². The van der Waals surface area contributed by atoms with Gasteiger partial charge in [0.1, 0.15) is 11.4 Å². The molecule has 1 spiro atoms. The maximum atomic E-state index is 10.9. The van der Waals surface area contributed by atoms with Crippen LogP contribution in [0.15, 0.2) is 54.6 Å². The van der Waals surface area contributed by atoms with Crippen LogP contribution in [0.2, 0.25) is 0 Å². The highest BCUT2D eigenvalue weighted by molar-refractivity contribution is 7.78. The van der Waals surface area contributed by atoms with Crippen molar-refractivity contribution in [1.29, 1.82) is 0 Å². The fraction of sp³-hybridized carbons (Fsp3) is 0.300. The van der Waals surface area contributed by atoms with Gasteiger partial charge in [-0.2, -0.15) is 0 Å². The van der Waals surface area contributed by atoms with Crippen LogP contribution in [0, 0.1) is 0 Å². The largest absolute Gasteiger partial charge is 0.772 e. The Morgan fingerprint density at radius 3 is 2.52 bits per heavy atom. The van der Waals surface area contributed by atoms with E-state index in [4.69, 9.17) is 4.74 Å². The molecule has 2 aromatic carbocycles. The van der Waals surface area contributed by atoms with E-state index in [0.717, 1.165) is 48.4 Å². The van der Waals surface area contributed by atoms with Crippen LogP contribution < -0.4 is 10.1 Å². The molecule has 1 N–H and O–H groups in total. The summed E-state index contributed by atoms with van der Waals surface area (Å²) in [5.74, 6) is 0.973. The number of benzene rings is 2. The van der Waals surface area contributed by atoms with Crippen molar-refractivity contribution in [3.8, 4) is 5.75 Å². The molecule has 2 aliphatic rings. The minimum Gasteiger partial charge on any atom is -0.772 e. The Bertz CT molecular complexity index is 823. The fourth-order valence-corrected chi connectivity index (χ4v) is 4.08. The van der Waals surface area contributed by atoms with Crippen LogP contribution in [0.1, 0.15) is 29.5 Å². The van der Waals surface area contributed by atoms with Crippen LogP contribution in [-0.4, -0.2) is 27.5 Å². The van der Waals surface area contributed by atoms with E-state index in [1.807, 2.05) is 42.5 Å². The van der Waals surface area contributed by atoms with Crippen LogP contribution in [-0.2, 0) is 16.8 Å². The Balaban J connectivity index is 1.75. The predicted octanol–water partition coefficient (Wildman–Crippen LogP) is 3.01. The van der Waals surface area contributed by atoms with Gasteiger partial charge >= 0.3 is 0 Å². The van der Waals surface area contributed by atoms with Gasteiger partial charge in [0.05, 0.1) is 0 Å². The van der Waals surface area contributed by atoms with Crippen molar-refractivity contribution in [3.63, 3.8) is 0 Å². The normalized spacial score (nSPS) is 19.6. The molecule has 1 fully saturated rings. The summed E-state index contributed by atoms with van der Waals surface area (Å²) in [6.45, 7) is 1.89. The minimum absolute atomic E-state index is 0.0502. The predicted molar refractivity (Wildman–Crippen MR) is 98.0 cm³/mol. The second-order valence-electron chi connectivity index (χ2n) is 6.62. The number of rotatable bonds is 3. The van der Waals surface area contributed by atoms with E-state index >= 15 is 0 Å². The molecular weight excluding hydrogens is 334 g/mol. The second-order valence-corrected chi connectivity index (χ2v) is 7.51. The number of hydrogen-bond donors (Lipinski definition) is 1. The Kier molecular flexibility index (Phi) is 4.46. The lowest BCUT2D eigenvalue weighted by Gasteiger charge is -2.40. The first kappa shape index (κ1) is 16.5. The van der Waals surface area contributed by atoms with E-state index in [9.17, 15) is 8.76 Å². The molecule has 0 bridgehead atoms. The number of para-hydroxylation sites is 1. The molecule has 2 aromatic rings. The van der Waals surface area contributed by atoms with Gasteiger partial charge in [0.25, 0.3) is 0 Å². The van der Waals surface area contributed by atoms with Gasteiger partial charge in [-0.1, -0.05) is 53.5 Å². The zero-order valence-electron chi connectivity index (χ0n) is 13.9. The molecule has 5 heteroatoms. The second kappa shape index (κ2) is 6.75.